The van der Waals surface area contributed by atoms with E-state index >= 15 is 0 Å². The van der Waals surface area contributed by atoms with Gasteiger partial charge in [0.1, 0.15) is 0 Å². The van der Waals surface area contributed by atoms with E-state index in [4.69, 9.17) is 4.74 Å². The second-order valence-electron chi connectivity index (χ2n) is 7.97. The Morgan fingerprint density at radius 2 is 1.88 bits per heavy atom. The Labute approximate surface area is 213 Å². The van der Waals surface area contributed by atoms with E-state index in [2.05, 4.69) is 55.6 Å². The van der Waals surface area contributed by atoms with Crippen LogP contribution >= 0.6 is 24.0 Å². The number of amides is 1. The molecule has 1 amide bonds. The molecule has 2 heterocycles. The van der Waals surface area contributed by atoms with Crippen molar-refractivity contribution in [1.29, 1.82) is 0 Å². The van der Waals surface area contributed by atoms with Crippen LogP contribution in [0, 0.1) is 13.8 Å². The number of carbonyl (C=O) groups excluding carboxylic acids is 1. The standard InChI is InChI=1S/C23H35N7O2.HI/c1-18-15-19(2)30(27-18)21-8-6-5-7-20(21)16-26-23(24-3)29-12-10-28(11-13-29)17-22(31)25-9-14-32-4;/h5-8,15H,9-14,16-17H2,1-4H3,(H,24,26)(H,25,31);1H. The number of nitrogens with one attached hydrogen (secondary N) is 2. The minimum absolute atomic E-state index is 0. The first-order valence-corrected chi connectivity index (χ1v) is 11.1. The summed E-state index contributed by atoms with van der Waals surface area (Å²) < 4.78 is 6.96. The van der Waals surface area contributed by atoms with Gasteiger partial charge in [-0.2, -0.15) is 5.10 Å². The normalized spacial score (nSPS) is 14.7. The van der Waals surface area contributed by atoms with E-state index in [1.54, 1.807) is 7.11 Å². The smallest absolute Gasteiger partial charge is 0.234 e. The van der Waals surface area contributed by atoms with Gasteiger partial charge in [-0.3, -0.25) is 14.7 Å². The fraction of sp³-hybridized carbons (Fsp3) is 0.522. The molecule has 33 heavy (non-hydrogen) atoms. The van der Waals surface area contributed by atoms with Crippen LogP contribution in [-0.4, -0.2) is 91.5 Å². The molecule has 0 bridgehead atoms. The van der Waals surface area contributed by atoms with E-state index in [9.17, 15) is 4.79 Å². The lowest BCUT2D eigenvalue weighted by Gasteiger charge is -2.36. The second kappa shape index (κ2) is 13.5. The molecular weight excluding hydrogens is 533 g/mol. The van der Waals surface area contributed by atoms with Crippen LogP contribution in [0.5, 0.6) is 0 Å². The third kappa shape index (κ3) is 7.68. The molecule has 0 spiro atoms. The third-order valence-corrected chi connectivity index (χ3v) is 5.55. The number of rotatable bonds is 8. The Balaban J connectivity index is 0.00000385. The maximum atomic E-state index is 12.0. The van der Waals surface area contributed by atoms with Crippen molar-refractivity contribution < 1.29 is 9.53 Å². The van der Waals surface area contributed by atoms with Gasteiger partial charge in [-0.1, -0.05) is 18.2 Å². The van der Waals surface area contributed by atoms with Crippen LogP contribution in [0.4, 0.5) is 0 Å². The van der Waals surface area contributed by atoms with Crippen LogP contribution < -0.4 is 10.6 Å². The van der Waals surface area contributed by atoms with Crippen molar-refractivity contribution in [2.24, 2.45) is 4.99 Å². The average molecular weight is 569 g/mol. The van der Waals surface area contributed by atoms with E-state index in [1.165, 1.54) is 0 Å². The summed E-state index contributed by atoms with van der Waals surface area (Å²) in [4.78, 5) is 20.9. The van der Waals surface area contributed by atoms with Gasteiger partial charge in [0.25, 0.3) is 0 Å². The number of para-hydroxylation sites is 1. The van der Waals surface area contributed by atoms with Crippen LogP contribution in [0.2, 0.25) is 0 Å². The Hall–Kier alpha value is -2.18. The van der Waals surface area contributed by atoms with Crippen molar-refractivity contribution in [3.05, 3.63) is 47.3 Å². The summed E-state index contributed by atoms with van der Waals surface area (Å²) in [5.41, 5.74) is 4.35. The topological polar surface area (TPSA) is 87.0 Å². The molecule has 2 aromatic rings. The number of hydrogen-bond donors (Lipinski definition) is 2. The molecule has 182 valence electrons. The molecule has 0 atom stereocenters. The first kappa shape index (κ1) is 27.1. The Morgan fingerprint density at radius 3 is 2.52 bits per heavy atom. The number of hydrogen-bond acceptors (Lipinski definition) is 5. The summed E-state index contributed by atoms with van der Waals surface area (Å²) in [6.07, 6.45) is 0. The maximum absolute atomic E-state index is 12.0. The fourth-order valence-electron chi connectivity index (χ4n) is 3.92. The SMILES string of the molecule is CN=C(NCc1ccccc1-n1nc(C)cc1C)N1CCN(CC(=O)NCCOC)CC1.I. The lowest BCUT2D eigenvalue weighted by atomic mass is 10.1. The minimum Gasteiger partial charge on any atom is -0.383 e. The summed E-state index contributed by atoms with van der Waals surface area (Å²) in [6.45, 7) is 9.52. The van der Waals surface area contributed by atoms with Crippen LogP contribution in [-0.2, 0) is 16.1 Å². The van der Waals surface area contributed by atoms with Gasteiger partial charge >= 0.3 is 0 Å². The van der Waals surface area contributed by atoms with E-state index in [0.29, 0.717) is 26.2 Å². The first-order chi connectivity index (χ1) is 15.5. The highest BCUT2D eigenvalue weighted by atomic mass is 127. The largest absolute Gasteiger partial charge is 0.383 e. The number of carbonyl (C=O) groups is 1. The van der Waals surface area contributed by atoms with Gasteiger partial charge < -0.3 is 20.3 Å². The Bertz CT molecular complexity index is 923. The van der Waals surface area contributed by atoms with Crippen molar-refractivity contribution in [3.63, 3.8) is 0 Å². The van der Waals surface area contributed by atoms with Gasteiger partial charge in [0, 0.05) is 59.1 Å². The van der Waals surface area contributed by atoms with E-state index in [1.807, 2.05) is 30.8 Å². The maximum Gasteiger partial charge on any atom is 0.234 e. The Morgan fingerprint density at radius 1 is 1.15 bits per heavy atom. The van der Waals surface area contributed by atoms with Crippen molar-refractivity contribution in [2.45, 2.75) is 20.4 Å². The molecule has 2 N–H and O–H groups in total. The number of nitrogens with zero attached hydrogens (tertiary/aromatic N) is 5. The predicted molar refractivity (Wildman–Crippen MR) is 142 cm³/mol. The van der Waals surface area contributed by atoms with Crippen LogP contribution in [0.15, 0.2) is 35.3 Å². The second-order valence-corrected chi connectivity index (χ2v) is 7.97. The lowest BCUT2D eigenvalue weighted by molar-refractivity contribution is -0.122. The molecule has 1 saturated heterocycles. The van der Waals surface area contributed by atoms with Gasteiger partial charge in [-0.05, 0) is 31.5 Å². The summed E-state index contributed by atoms with van der Waals surface area (Å²) in [5.74, 6) is 0.913. The van der Waals surface area contributed by atoms with Gasteiger partial charge in [0.15, 0.2) is 5.96 Å². The third-order valence-electron chi connectivity index (χ3n) is 5.55. The van der Waals surface area contributed by atoms with E-state index in [-0.39, 0.29) is 29.9 Å². The monoisotopic (exact) mass is 569 g/mol. The first-order valence-electron chi connectivity index (χ1n) is 11.1. The molecule has 1 aliphatic rings. The summed E-state index contributed by atoms with van der Waals surface area (Å²) in [7, 11) is 3.44. The summed E-state index contributed by atoms with van der Waals surface area (Å²) in [5, 5.41) is 11.0. The number of aryl methyl sites for hydroxylation is 2. The van der Waals surface area contributed by atoms with Crippen molar-refractivity contribution >= 4 is 35.8 Å². The van der Waals surface area contributed by atoms with Crippen molar-refractivity contribution in [3.8, 4) is 5.69 Å². The van der Waals surface area contributed by atoms with Crippen LogP contribution in [0.1, 0.15) is 17.0 Å². The molecule has 1 fully saturated rings. The van der Waals surface area contributed by atoms with Crippen LogP contribution in [0.3, 0.4) is 0 Å². The zero-order valence-corrected chi connectivity index (χ0v) is 22.3. The van der Waals surface area contributed by atoms with Crippen molar-refractivity contribution in [2.75, 3.05) is 60.0 Å². The number of ether oxygens (including phenoxy) is 1. The zero-order chi connectivity index (χ0) is 22.9. The highest BCUT2D eigenvalue weighted by molar-refractivity contribution is 14.0. The number of methoxy groups -OCH3 is 1. The molecular formula is C23H36IN7O2. The Kier molecular flexibility index (Phi) is 11.1. The minimum atomic E-state index is 0. The zero-order valence-electron chi connectivity index (χ0n) is 20.0. The van der Waals surface area contributed by atoms with Gasteiger partial charge in [0.2, 0.25) is 5.91 Å². The van der Waals surface area contributed by atoms with Gasteiger partial charge in [-0.15, -0.1) is 24.0 Å². The average Bonchev–Trinajstić information content (AvgIpc) is 3.13. The molecule has 1 aromatic heterocycles. The number of aliphatic imine (C=N–C) groups is 1. The fourth-order valence-corrected chi connectivity index (χ4v) is 3.92. The molecule has 1 aromatic carbocycles. The number of halogens is 1. The number of aromatic nitrogens is 2. The lowest BCUT2D eigenvalue weighted by Crippen LogP contribution is -2.54. The molecule has 0 saturated carbocycles. The molecule has 3 rings (SSSR count). The molecule has 0 aliphatic carbocycles. The number of guanidine groups is 1. The predicted octanol–water partition coefficient (Wildman–Crippen LogP) is 1.56. The quantitative estimate of drug-likeness (QED) is 0.217. The number of piperazine rings is 1. The van der Waals surface area contributed by atoms with E-state index in [0.717, 1.165) is 54.8 Å². The van der Waals surface area contributed by atoms with Crippen LogP contribution in [0.25, 0.3) is 5.69 Å². The van der Waals surface area contributed by atoms with Crippen molar-refractivity contribution in [1.82, 2.24) is 30.2 Å². The molecule has 10 heteroatoms. The molecule has 0 unspecified atom stereocenters. The molecule has 9 nitrogen and oxygen atoms in total. The molecule has 1 aliphatic heterocycles. The van der Waals surface area contributed by atoms with E-state index < -0.39 is 0 Å². The van der Waals surface area contributed by atoms with Gasteiger partial charge in [0.05, 0.1) is 24.5 Å². The number of benzene rings is 1. The summed E-state index contributed by atoms with van der Waals surface area (Å²) in [6, 6.07) is 10.4. The van der Waals surface area contributed by atoms with Gasteiger partial charge in [-0.25, -0.2) is 4.68 Å². The summed E-state index contributed by atoms with van der Waals surface area (Å²) >= 11 is 0. The highest BCUT2D eigenvalue weighted by Crippen LogP contribution is 2.17. The molecule has 0 radical (unpaired) electrons. The highest BCUT2D eigenvalue weighted by Gasteiger charge is 2.21.